The van der Waals surface area contributed by atoms with Gasteiger partial charge in [-0.1, -0.05) is 0 Å². The number of rotatable bonds is 1. The molecule has 1 heterocycles. The van der Waals surface area contributed by atoms with E-state index < -0.39 is 5.97 Å². The van der Waals surface area contributed by atoms with Crippen molar-refractivity contribution >= 4 is 32.8 Å². The molecule has 0 aliphatic carbocycles. The van der Waals surface area contributed by atoms with Crippen molar-refractivity contribution in [2.45, 2.75) is 0 Å². The summed E-state index contributed by atoms with van der Waals surface area (Å²) in [5.41, 5.74) is 0.421. The Balaban J connectivity index is 2.83. The van der Waals surface area contributed by atoms with Crippen LogP contribution in [-0.2, 0) is 0 Å². The minimum Gasteiger partial charge on any atom is -0.504 e. The normalized spacial score (nSPS) is 10.7. The molecule has 4 N–H and O–H groups in total. The van der Waals surface area contributed by atoms with Crippen molar-refractivity contribution in [3.05, 3.63) is 22.3 Å². The number of carbonyl (C=O) groups is 1. The zero-order chi connectivity index (χ0) is 11.2. The molecule has 0 aliphatic rings. The molecule has 2 aromatic rings. The topological polar surface area (TPSA) is 93.5 Å². The first kappa shape index (κ1) is 9.85. The smallest absolute Gasteiger partial charge is 0.353 e. The molecule has 0 amide bonds. The van der Waals surface area contributed by atoms with Crippen LogP contribution in [0, 0.1) is 0 Å². The molecule has 78 valence electrons. The van der Waals surface area contributed by atoms with Gasteiger partial charge >= 0.3 is 5.97 Å². The van der Waals surface area contributed by atoms with Crippen LogP contribution in [0.1, 0.15) is 10.5 Å². The lowest BCUT2D eigenvalue weighted by Gasteiger charge is -1.96. The van der Waals surface area contributed by atoms with Gasteiger partial charge in [0, 0.05) is 11.5 Å². The van der Waals surface area contributed by atoms with Crippen LogP contribution < -0.4 is 0 Å². The summed E-state index contributed by atoms with van der Waals surface area (Å²) in [5, 5.41) is 27.8. The number of halogens is 1. The summed E-state index contributed by atoms with van der Waals surface area (Å²) in [6.07, 6.45) is 0. The third kappa shape index (κ3) is 1.42. The first-order valence-electron chi connectivity index (χ1n) is 3.97. The maximum absolute atomic E-state index is 10.8. The number of phenols is 2. The van der Waals surface area contributed by atoms with Gasteiger partial charge in [-0.15, -0.1) is 0 Å². The van der Waals surface area contributed by atoms with Crippen LogP contribution in [0.15, 0.2) is 16.6 Å². The van der Waals surface area contributed by atoms with Crippen molar-refractivity contribution in [2.75, 3.05) is 0 Å². The predicted octanol–water partition coefficient (Wildman–Crippen LogP) is 2.04. The minimum absolute atomic E-state index is 0.0185. The van der Waals surface area contributed by atoms with Crippen LogP contribution in [0.5, 0.6) is 11.5 Å². The molecular weight excluding hydrogens is 266 g/mol. The SMILES string of the molecule is O=C(O)c1[nH]c2cc(O)c(O)cc2c1Br. The summed E-state index contributed by atoms with van der Waals surface area (Å²) in [4.78, 5) is 13.4. The van der Waals surface area contributed by atoms with Crippen molar-refractivity contribution < 1.29 is 20.1 Å². The van der Waals surface area contributed by atoms with E-state index in [4.69, 9.17) is 5.11 Å². The number of benzene rings is 1. The Morgan fingerprint density at radius 1 is 1.27 bits per heavy atom. The molecule has 0 fully saturated rings. The highest BCUT2D eigenvalue weighted by Gasteiger charge is 2.16. The standard InChI is InChI=1S/C9H6BrNO4/c10-7-3-1-5(12)6(13)2-4(3)11-8(7)9(14)15/h1-2,11-13H,(H,14,15). The Labute approximate surface area is 92.1 Å². The lowest BCUT2D eigenvalue weighted by atomic mass is 10.2. The molecular formula is C9H6BrNO4. The number of fused-ring (bicyclic) bond motifs is 1. The molecule has 0 spiro atoms. The van der Waals surface area contributed by atoms with E-state index in [1.165, 1.54) is 12.1 Å². The van der Waals surface area contributed by atoms with E-state index in [0.29, 0.717) is 15.4 Å². The van der Waals surface area contributed by atoms with E-state index in [1.807, 2.05) is 0 Å². The average Bonchev–Trinajstić information content (AvgIpc) is 2.46. The molecule has 0 bridgehead atoms. The van der Waals surface area contributed by atoms with Gasteiger partial charge < -0.3 is 20.3 Å². The van der Waals surface area contributed by atoms with Gasteiger partial charge in [0.1, 0.15) is 5.69 Å². The van der Waals surface area contributed by atoms with Crippen molar-refractivity contribution in [1.82, 2.24) is 4.98 Å². The number of aromatic nitrogens is 1. The Kier molecular flexibility index (Phi) is 2.08. The molecule has 0 aliphatic heterocycles. The van der Waals surface area contributed by atoms with E-state index in [2.05, 4.69) is 20.9 Å². The van der Waals surface area contributed by atoms with Gasteiger partial charge in [-0.2, -0.15) is 0 Å². The number of carboxylic acid groups (broad SMARTS) is 1. The third-order valence-corrected chi connectivity index (χ3v) is 2.87. The maximum Gasteiger partial charge on any atom is 0.353 e. The number of carboxylic acids is 1. The molecule has 0 radical (unpaired) electrons. The Hall–Kier alpha value is -1.69. The van der Waals surface area contributed by atoms with Crippen molar-refractivity contribution in [1.29, 1.82) is 0 Å². The van der Waals surface area contributed by atoms with Gasteiger partial charge in [-0.3, -0.25) is 0 Å². The van der Waals surface area contributed by atoms with E-state index in [1.54, 1.807) is 0 Å². The quantitative estimate of drug-likeness (QED) is 0.597. The lowest BCUT2D eigenvalue weighted by molar-refractivity contribution is 0.0690. The molecule has 1 aromatic carbocycles. The van der Waals surface area contributed by atoms with Crippen molar-refractivity contribution in [3.63, 3.8) is 0 Å². The Morgan fingerprint density at radius 2 is 1.87 bits per heavy atom. The summed E-state index contributed by atoms with van der Waals surface area (Å²) in [7, 11) is 0. The number of aromatic amines is 1. The van der Waals surface area contributed by atoms with Gasteiger partial charge in [0.2, 0.25) is 0 Å². The van der Waals surface area contributed by atoms with Gasteiger partial charge in [0.15, 0.2) is 11.5 Å². The van der Waals surface area contributed by atoms with Gasteiger partial charge in [0.25, 0.3) is 0 Å². The van der Waals surface area contributed by atoms with Crippen LogP contribution in [0.4, 0.5) is 0 Å². The number of phenolic OH excluding ortho intramolecular Hbond substituents is 2. The summed E-state index contributed by atoms with van der Waals surface area (Å²) in [6, 6.07) is 2.56. The largest absolute Gasteiger partial charge is 0.504 e. The first-order chi connectivity index (χ1) is 7.00. The van der Waals surface area contributed by atoms with Crippen molar-refractivity contribution in [2.24, 2.45) is 0 Å². The molecule has 2 rings (SSSR count). The van der Waals surface area contributed by atoms with E-state index >= 15 is 0 Å². The number of hydrogen-bond donors (Lipinski definition) is 4. The molecule has 0 unspecified atom stereocenters. The number of hydrogen-bond acceptors (Lipinski definition) is 3. The van der Waals surface area contributed by atoms with E-state index in [9.17, 15) is 15.0 Å². The lowest BCUT2D eigenvalue weighted by Crippen LogP contribution is -1.96. The second-order valence-electron chi connectivity index (χ2n) is 3.01. The van der Waals surface area contributed by atoms with Gasteiger partial charge in [0.05, 0.1) is 9.99 Å². The van der Waals surface area contributed by atoms with Crippen LogP contribution in [0.25, 0.3) is 10.9 Å². The zero-order valence-corrected chi connectivity index (χ0v) is 8.87. The Bertz CT molecular complexity index is 561. The van der Waals surface area contributed by atoms with Gasteiger partial charge in [-0.25, -0.2) is 4.79 Å². The summed E-state index contributed by atoms with van der Waals surface area (Å²) < 4.78 is 0.348. The molecule has 1 aromatic heterocycles. The average molecular weight is 272 g/mol. The molecule has 0 saturated heterocycles. The van der Waals surface area contributed by atoms with E-state index in [-0.39, 0.29) is 17.2 Å². The number of aromatic carboxylic acids is 1. The highest BCUT2D eigenvalue weighted by atomic mass is 79.9. The van der Waals surface area contributed by atoms with Crippen LogP contribution in [0.3, 0.4) is 0 Å². The fraction of sp³-hybridized carbons (Fsp3) is 0. The van der Waals surface area contributed by atoms with Crippen LogP contribution in [0.2, 0.25) is 0 Å². The first-order valence-corrected chi connectivity index (χ1v) is 4.76. The molecule has 6 heteroatoms. The van der Waals surface area contributed by atoms with Crippen LogP contribution in [-0.4, -0.2) is 26.3 Å². The minimum atomic E-state index is -1.11. The second-order valence-corrected chi connectivity index (χ2v) is 3.80. The maximum atomic E-state index is 10.8. The van der Waals surface area contributed by atoms with Crippen LogP contribution >= 0.6 is 15.9 Å². The highest BCUT2D eigenvalue weighted by molar-refractivity contribution is 9.10. The second kappa shape index (κ2) is 3.16. The van der Waals surface area contributed by atoms with Gasteiger partial charge in [-0.05, 0) is 22.0 Å². The number of aromatic hydroxyl groups is 2. The van der Waals surface area contributed by atoms with Crippen molar-refractivity contribution in [3.8, 4) is 11.5 Å². The number of H-pyrrole nitrogens is 1. The monoisotopic (exact) mass is 271 g/mol. The molecule has 0 atom stereocenters. The third-order valence-electron chi connectivity index (χ3n) is 2.04. The molecule has 0 saturated carbocycles. The fourth-order valence-corrected chi connectivity index (χ4v) is 1.93. The fourth-order valence-electron chi connectivity index (χ4n) is 1.33. The molecule has 15 heavy (non-hydrogen) atoms. The highest BCUT2D eigenvalue weighted by Crippen LogP contribution is 2.35. The summed E-state index contributed by atoms with van der Waals surface area (Å²) in [5.74, 6) is -1.70. The predicted molar refractivity (Wildman–Crippen MR) is 56.3 cm³/mol. The van der Waals surface area contributed by atoms with E-state index in [0.717, 1.165) is 0 Å². The zero-order valence-electron chi connectivity index (χ0n) is 7.28. The molecule has 5 nitrogen and oxygen atoms in total. The summed E-state index contributed by atoms with van der Waals surface area (Å²) in [6.45, 7) is 0. The Morgan fingerprint density at radius 3 is 2.47 bits per heavy atom. The summed E-state index contributed by atoms with van der Waals surface area (Å²) >= 11 is 3.11. The number of nitrogens with one attached hydrogen (secondary N) is 1.